The van der Waals surface area contributed by atoms with Gasteiger partial charge in [0.1, 0.15) is 0 Å². The summed E-state index contributed by atoms with van der Waals surface area (Å²) in [6.45, 7) is 5.87. The van der Waals surface area contributed by atoms with Crippen molar-refractivity contribution in [3.05, 3.63) is 47.9 Å². The van der Waals surface area contributed by atoms with E-state index in [1.54, 1.807) is 12.5 Å². The van der Waals surface area contributed by atoms with Crippen LogP contribution in [0.5, 0.6) is 5.88 Å². The van der Waals surface area contributed by atoms with E-state index in [0.717, 1.165) is 6.42 Å². The monoisotopic (exact) mass is 270 g/mol. The molecule has 0 saturated heterocycles. The van der Waals surface area contributed by atoms with E-state index in [0.29, 0.717) is 5.88 Å². The van der Waals surface area contributed by atoms with Crippen LogP contribution in [0.3, 0.4) is 0 Å². The number of ether oxygens (including phenoxy) is 1. The summed E-state index contributed by atoms with van der Waals surface area (Å²) < 4.78 is 7.23. The number of aromatic nitrogens is 2. The minimum Gasteiger partial charge on any atom is -0.408 e. The molecule has 1 aromatic heterocycles. The van der Waals surface area contributed by atoms with Crippen LogP contribution >= 0.6 is 0 Å². The number of fused-ring (bicyclic) bond motifs is 1. The Morgan fingerprint density at radius 3 is 2.90 bits per heavy atom. The molecule has 1 heterocycles. The maximum Gasteiger partial charge on any atom is 0.309 e. The summed E-state index contributed by atoms with van der Waals surface area (Å²) in [5.41, 5.74) is 2.69. The molecule has 4 heteroatoms. The lowest BCUT2D eigenvalue weighted by Crippen LogP contribution is -2.25. The molecule has 1 atom stereocenters. The molecular weight excluding hydrogens is 252 g/mol. The number of hydrogen-bond acceptors (Lipinski definition) is 3. The molecular formula is C16H18N2O2. The third-order valence-electron chi connectivity index (χ3n) is 3.89. The highest BCUT2D eigenvalue weighted by molar-refractivity contribution is 5.68. The van der Waals surface area contributed by atoms with Crippen LogP contribution in [-0.4, -0.2) is 15.5 Å². The number of esters is 1. The average Bonchev–Trinajstić information content (AvgIpc) is 2.88. The molecule has 0 spiro atoms. The molecule has 1 aromatic carbocycles. The summed E-state index contributed by atoms with van der Waals surface area (Å²) >= 11 is 0. The molecule has 1 aliphatic carbocycles. The van der Waals surface area contributed by atoms with Gasteiger partial charge < -0.3 is 4.74 Å². The Hall–Kier alpha value is -2.10. The summed E-state index contributed by atoms with van der Waals surface area (Å²) in [5, 5.41) is 0. The van der Waals surface area contributed by atoms with Gasteiger partial charge in [0.2, 0.25) is 5.88 Å². The first-order valence-corrected chi connectivity index (χ1v) is 6.77. The second kappa shape index (κ2) is 4.47. The molecule has 2 aromatic rings. The first-order valence-electron chi connectivity index (χ1n) is 6.77. The zero-order chi connectivity index (χ0) is 14.3. The summed E-state index contributed by atoms with van der Waals surface area (Å²) in [7, 11) is 0. The summed E-state index contributed by atoms with van der Waals surface area (Å²) in [4.78, 5) is 15.4. The van der Waals surface area contributed by atoms with Crippen molar-refractivity contribution in [2.75, 3.05) is 0 Å². The first-order chi connectivity index (χ1) is 9.49. The van der Waals surface area contributed by atoms with Crippen LogP contribution in [-0.2, 0) is 11.2 Å². The van der Waals surface area contributed by atoms with Gasteiger partial charge in [-0.25, -0.2) is 4.98 Å². The van der Waals surface area contributed by atoms with Crippen LogP contribution in [0.1, 0.15) is 37.9 Å². The van der Waals surface area contributed by atoms with Gasteiger partial charge in [-0.15, -0.1) is 0 Å². The number of benzene rings is 1. The van der Waals surface area contributed by atoms with Crippen LogP contribution in [0.4, 0.5) is 0 Å². The maximum absolute atomic E-state index is 11.2. The number of carbonyl (C=O) groups is 1. The Bertz CT molecular complexity index is 658. The molecule has 0 amide bonds. The van der Waals surface area contributed by atoms with Gasteiger partial charge in [-0.05, 0) is 23.0 Å². The Kier molecular flexibility index (Phi) is 2.89. The fourth-order valence-electron chi connectivity index (χ4n) is 3.21. The number of hydrogen-bond donors (Lipinski definition) is 0. The molecule has 1 unspecified atom stereocenters. The highest BCUT2D eigenvalue weighted by atomic mass is 16.5. The number of rotatable bonds is 2. The van der Waals surface area contributed by atoms with E-state index in [4.69, 9.17) is 4.74 Å². The number of imidazole rings is 1. The molecule has 0 N–H and O–H groups in total. The highest BCUT2D eigenvalue weighted by Gasteiger charge is 2.40. The Morgan fingerprint density at radius 1 is 1.40 bits per heavy atom. The van der Waals surface area contributed by atoms with Gasteiger partial charge in [-0.1, -0.05) is 38.1 Å². The van der Waals surface area contributed by atoms with Crippen LogP contribution in [0.2, 0.25) is 0 Å². The van der Waals surface area contributed by atoms with Gasteiger partial charge in [-0.3, -0.25) is 9.36 Å². The standard InChI is InChI=1S/C16H18N2O2/c1-11(19)20-14-9-17-10-18(14)15-13-7-5-4-6-12(13)8-16(15,2)3/h4-7,9-10,15H,8H2,1-3H3. The maximum atomic E-state index is 11.2. The third-order valence-corrected chi connectivity index (χ3v) is 3.89. The molecule has 0 saturated carbocycles. The quantitative estimate of drug-likeness (QED) is 0.788. The smallest absolute Gasteiger partial charge is 0.309 e. The lowest BCUT2D eigenvalue weighted by Gasteiger charge is -2.29. The van der Waals surface area contributed by atoms with Crippen molar-refractivity contribution >= 4 is 5.97 Å². The molecule has 3 rings (SSSR count). The van der Waals surface area contributed by atoms with Crippen molar-refractivity contribution < 1.29 is 9.53 Å². The molecule has 20 heavy (non-hydrogen) atoms. The van der Waals surface area contributed by atoms with Crippen LogP contribution in [0.15, 0.2) is 36.8 Å². The van der Waals surface area contributed by atoms with Crippen molar-refractivity contribution in [2.24, 2.45) is 5.41 Å². The van der Waals surface area contributed by atoms with Crippen LogP contribution < -0.4 is 4.74 Å². The molecule has 0 bridgehead atoms. The topological polar surface area (TPSA) is 44.1 Å². The predicted molar refractivity (Wildman–Crippen MR) is 75.6 cm³/mol. The molecule has 4 nitrogen and oxygen atoms in total. The van der Waals surface area contributed by atoms with Crippen molar-refractivity contribution in [1.82, 2.24) is 9.55 Å². The highest BCUT2D eigenvalue weighted by Crippen LogP contribution is 2.48. The SMILES string of the molecule is CC(=O)Oc1cncn1C1c2ccccc2CC1(C)C. The Morgan fingerprint density at radius 2 is 2.15 bits per heavy atom. The minimum absolute atomic E-state index is 0.0548. The van der Waals surface area contributed by atoms with Crippen molar-refractivity contribution in [3.8, 4) is 5.88 Å². The van der Waals surface area contributed by atoms with Gasteiger partial charge in [0.05, 0.1) is 18.6 Å². The summed E-state index contributed by atoms with van der Waals surface area (Å²) in [5.74, 6) is 0.183. The minimum atomic E-state index is -0.323. The number of carbonyl (C=O) groups excluding carboxylic acids is 1. The van der Waals surface area contributed by atoms with E-state index < -0.39 is 0 Å². The van der Waals surface area contributed by atoms with Crippen molar-refractivity contribution in [1.29, 1.82) is 0 Å². The van der Waals surface area contributed by atoms with Gasteiger partial charge in [-0.2, -0.15) is 0 Å². The van der Waals surface area contributed by atoms with E-state index in [-0.39, 0.29) is 17.4 Å². The van der Waals surface area contributed by atoms with E-state index >= 15 is 0 Å². The van der Waals surface area contributed by atoms with Gasteiger partial charge in [0, 0.05) is 6.92 Å². The largest absolute Gasteiger partial charge is 0.408 e. The molecule has 0 fully saturated rings. The van der Waals surface area contributed by atoms with Crippen molar-refractivity contribution in [2.45, 2.75) is 33.2 Å². The van der Waals surface area contributed by atoms with E-state index in [1.165, 1.54) is 18.1 Å². The van der Waals surface area contributed by atoms with Gasteiger partial charge in [0.15, 0.2) is 0 Å². The van der Waals surface area contributed by atoms with Gasteiger partial charge in [0.25, 0.3) is 0 Å². The predicted octanol–water partition coefficient (Wildman–Crippen LogP) is 2.98. The van der Waals surface area contributed by atoms with Gasteiger partial charge >= 0.3 is 5.97 Å². The first kappa shape index (κ1) is 12.9. The fourth-order valence-corrected chi connectivity index (χ4v) is 3.21. The summed E-state index contributed by atoms with van der Waals surface area (Å²) in [6.07, 6.45) is 4.34. The lowest BCUT2D eigenvalue weighted by molar-refractivity contribution is -0.132. The average molecular weight is 270 g/mol. The van der Waals surface area contributed by atoms with E-state index in [2.05, 4.69) is 43.1 Å². The zero-order valence-corrected chi connectivity index (χ0v) is 12.0. The van der Waals surface area contributed by atoms with E-state index in [9.17, 15) is 4.79 Å². The Balaban J connectivity index is 2.09. The molecule has 0 aliphatic heterocycles. The molecule has 0 radical (unpaired) electrons. The molecule has 1 aliphatic rings. The zero-order valence-electron chi connectivity index (χ0n) is 12.0. The van der Waals surface area contributed by atoms with Crippen LogP contribution in [0.25, 0.3) is 0 Å². The second-order valence-corrected chi connectivity index (χ2v) is 6.00. The second-order valence-electron chi connectivity index (χ2n) is 6.00. The molecule has 104 valence electrons. The lowest BCUT2D eigenvalue weighted by atomic mass is 9.85. The fraction of sp³-hybridized carbons (Fsp3) is 0.375. The summed E-state index contributed by atoms with van der Waals surface area (Å²) in [6, 6.07) is 8.56. The van der Waals surface area contributed by atoms with E-state index in [1.807, 2.05) is 4.57 Å². The normalized spacial score (nSPS) is 19.6. The van der Waals surface area contributed by atoms with Crippen LogP contribution in [0, 0.1) is 5.41 Å². The number of nitrogens with zero attached hydrogens (tertiary/aromatic N) is 2. The van der Waals surface area contributed by atoms with Crippen molar-refractivity contribution in [3.63, 3.8) is 0 Å². The third kappa shape index (κ3) is 2.01. The Labute approximate surface area is 118 Å².